The fourth-order valence-electron chi connectivity index (χ4n) is 1.83. The standard InChI is InChI=1S/C16H18N2O5S/c1-21-12-3-5-13(6-4-12)23-7-8-24-16-17-11(9-14(19)18-16)10-15(20)22-2/h3-6,9H,7-8,10H2,1-2H3,(H,17,18,19). The number of methoxy groups -OCH3 is 2. The summed E-state index contributed by atoms with van der Waals surface area (Å²) in [5.74, 6) is 1.65. The van der Waals surface area contributed by atoms with Crippen molar-refractivity contribution < 1.29 is 19.0 Å². The second kappa shape index (κ2) is 8.97. The molecule has 0 saturated heterocycles. The molecule has 7 nitrogen and oxygen atoms in total. The van der Waals surface area contributed by atoms with Gasteiger partial charge in [0, 0.05) is 11.8 Å². The fraction of sp³-hybridized carbons (Fsp3) is 0.312. The van der Waals surface area contributed by atoms with Crippen molar-refractivity contribution in [3.63, 3.8) is 0 Å². The molecule has 1 aromatic carbocycles. The van der Waals surface area contributed by atoms with Crippen LogP contribution in [0, 0.1) is 0 Å². The maximum absolute atomic E-state index is 11.6. The van der Waals surface area contributed by atoms with Crippen molar-refractivity contribution in [2.24, 2.45) is 0 Å². The predicted molar refractivity (Wildman–Crippen MR) is 89.8 cm³/mol. The minimum absolute atomic E-state index is 0.0314. The third kappa shape index (κ3) is 5.62. The average Bonchev–Trinajstić information content (AvgIpc) is 2.58. The fourth-order valence-corrected chi connectivity index (χ4v) is 2.55. The van der Waals surface area contributed by atoms with Gasteiger partial charge in [0.1, 0.15) is 11.5 Å². The normalized spacial score (nSPS) is 10.2. The number of thioether (sulfide) groups is 1. The molecule has 0 aliphatic rings. The molecule has 128 valence electrons. The number of ether oxygens (including phenoxy) is 3. The van der Waals surface area contributed by atoms with E-state index in [1.165, 1.54) is 24.9 Å². The summed E-state index contributed by atoms with van der Waals surface area (Å²) in [6, 6.07) is 8.56. The first kappa shape index (κ1) is 17.9. The molecule has 1 aromatic heterocycles. The lowest BCUT2D eigenvalue weighted by Gasteiger charge is -2.07. The first-order valence-corrected chi connectivity index (χ1v) is 8.16. The SMILES string of the molecule is COC(=O)Cc1cc(=O)[nH]c(SCCOc2ccc(OC)cc2)n1. The Morgan fingerprint density at radius 1 is 1.21 bits per heavy atom. The van der Waals surface area contributed by atoms with Gasteiger partial charge >= 0.3 is 5.97 Å². The molecule has 2 aromatic rings. The number of carbonyl (C=O) groups excluding carboxylic acids is 1. The molecule has 0 fully saturated rings. The second-order valence-corrected chi connectivity index (χ2v) is 5.75. The molecule has 0 spiro atoms. The van der Waals surface area contributed by atoms with Gasteiger partial charge in [-0.1, -0.05) is 11.8 Å². The number of nitrogens with one attached hydrogen (secondary N) is 1. The van der Waals surface area contributed by atoms with Crippen molar-refractivity contribution in [1.29, 1.82) is 0 Å². The number of hydrogen-bond acceptors (Lipinski definition) is 7. The second-order valence-electron chi connectivity index (χ2n) is 4.67. The van der Waals surface area contributed by atoms with Gasteiger partial charge in [0.25, 0.3) is 5.56 Å². The summed E-state index contributed by atoms with van der Waals surface area (Å²) in [7, 11) is 2.90. The molecule has 0 aliphatic heterocycles. The van der Waals surface area contributed by atoms with Crippen LogP contribution in [0.3, 0.4) is 0 Å². The molecule has 24 heavy (non-hydrogen) atoms. The van der Waals surface area contributed by atoms with Gasteiger partial charge in [-0.05, 0) is 24.3 Å². The monoisotopic (exact) mass is 350 g/mol. The molecule has 0 aliphatic carbocycles. The summed E-state index contributed by atoms with van der Waals surface area (Å²) < 4.78 is 15.2. The number of rotatable bonds is 8. The summed E-state index contributed by atoms with van der Waals surface area (Å²) in [6.45, 7) is 0.446. The topological polar surface area (TPSA) is 90.5 Å². The Labute approximate surface area is 143 Å². The maximum Gasteiger partial charge on any atom is 0.311 e. The first-order chi connectivity index (χ1) is 11.6. The van der Waals surface area contributed by atoms with Crippen molar-refractivity contribution in [2.75, 3.05) is 26.6 Å². The van der Waals surface area contributed by atoms with E-state index in [4.69, 9.17) is 9.47 Å². The Bertz CT molecular complexity index is 730. The van der Waals surface area contributed by atoms with Gasteiger partial charge in [-0.15, -0.1) is 0 Å². The molecule has 1 N–H and O–H groups in total. The van der Waals surface area contributed by atoms with Gasteiger partial charge in [0.05, 0.1) is 32.9 Å². The number of carbonyl (C=O) groups is 1. The molecular weight excluding hydrogens is 332 g/mol. The quantitative estimate of drug-likeness (QED) is 0.335. The lowest BCUT2D eigenvalue weighted by atomic mass is 10.3. The van der Waals surface area contributed by atoms with E-state index < -0.39 is 5.97 Å². The molecule has 0 saturated carbocycles. The van der Waals surface area contributed by atoms with Crippen molar-refractivity contribution in [3.05, 3.63) is 46.4 Å². The van der Waals surface area contributed by atoms with E-state index in [0.29, 0.717) is 23.2 Å². The number of hydrogen-bond donors (Lipinski definition) is 1. The summed E-state index contributed by atoms with van der Waals surface area (Å²) in [5.41, 5.74) is 0.0756. The van der Waals surface area contributed by atoms with E-state index >= 15 is 0 Å². The minimum Gasteiger partial charge on any atom is -0.497 e. The Kier molecular flexibility index (Phi) is 6.68. The number of benzene rings is 1. The van der Waals surface area contributed by atoms with Gasteiger partial charge in [0.15, 0.2) is 5.16 Å². The molecular formula is C16H18N2O5S. The maximum atomic E-state index is 11.6. The third-order valence-corrected chi connectivity index (χ3v) is 3.81. The van der Waals surface area contributed by atoms with Crippen LogP contribution in [0.1, 0.15) is 5.69 Å². The smallest absolute Gasteiger partial charge is 0.311 e. The molecule has 1 heterocycles. The Balaban J connectivity index is 1.85. The highest BCUT2D eigenvalue weighted by molar-refractivity contribution is 7.99. The molecule has 2 rings (SSSR count). The van der Waals surface area contributed by atoms with Crippen molar-refractivity contribution >= 4 is 17.7 Å². The molecule has 8 heteroatoms. The van der Waals surface area contributed by atoms with Crippen molar-refractivity contribution in [3.8, 4) is 11.5 Å². The Morgan fingerprint density at radius 3 is 2.58 bits per heavy atom. The van der Waals surface area contributed by atoms with Crippen LogP contribution in [0.15, 0.2) is 40.3 Å². The molecule has 0 bridgehead atoms. The van der Waals surface area contributed by atoms with Crippen LogP contribution < -0.4 is 15.0 Å². The number of esters is 1. The lowest BCUT2D eigenvalue weighted by Crippen LogP contribution is -2.14. The van der Waals surface area contributed by atoms with Crippen LogP contribution >= 0.6 is 11.8 Å². The van der Waals surface area contributed by atoms with Crippen LogP contribution in [0.25, 0.3) is 0 Å². The van der Waals surface area contributed by atoms with Gasteiger partial charge in [0.2, 0.25) is 0 Å². The average molecular weight is 350 g/mol. The number of H-pyrrole nitrogens is 1. The molecule has 0 atom stereocenters. The van der Waals surface area contributed by atoms with E-state index in [9.17, 15) is 9.59 Å². The highest BCUT2D eigenvalue weighted by Gasteiger charge is 2.07. The zero-order valence-corrected chi connectivity index (χ0v) is 14.2. The highest BCUT2D eigenvalue weighted by Crippen LogP contribution is 2.18. The summed E-state index contributed by atoms with van der Waals surface area (Å²) >= 11 is 1.34. The van der Waals surface area contributed by atoms with Crippen LogP contribution in [-0.4, -0.2) is 42.5 Å². The van der Waals surface area contributed by atoms with Crippen LogP contribution in [-0.2, 0) is 16.0 Å². The molecule has 0 amide bonds. The summed E-state index contributed by atoms with van der Waals surface area (Å²) in [5, 5.41) is 0.444. The Hall–Kier alpha value is -2.48. The van der Waals surface area contributed by atoms with Gasteiger partial charge in [-0.3, -0.25) is 9.59 Å². The van der Waals surface area contributed by atoms with E-state index in [0.717, 1.165) is 11.5 Å². The number of nitrogens with zero attached hydrogens (tertiary/aromatic N) is 1. The van der Waals surface area contributed by atoms with Gasteiger partial charge in [-0.25, -0.2) is 4.98 Å². The van der Waals surface area contributed by atoms with E-state index in [1.807, 2.05) is 24.3 Å². The third-order valence-electron chi connectivity index (χ3n) is 2.98. The Morgan fingerprint density at radius 2 is 1.92 bits per heavy atom. The van der Waals surface area contributed by atoms with Gasteiger partial charge in [-0.2, -0.15) is 0 Å². The van der Waals surface area contributed by atoms with Crippen LogP contribution in [0.2, 0.25) is 0 Å². The lowest BCUT2D eigenvalue weighted by molar-refractivity contribution is -0.139. The minimum atomic E-state index is -0.438. The zero-order chi connectivity index (χ0) is 17.4. The molecule has 0 unspecified atom stereocenters. The van der Waals surface area contributed by atoms with Crippen LogP contribution in [0.5, 0.6) is 11.5 Å². The largest absolute Gasteiger partial charge is 0.497 e. The predicted octanol–water partition coefficient (Wildman–Crippen LogP) is 1.67. The van der Waals surface area contributed by atoms with Crippen molar-refractivity contribution in [2.45, 2.75) is 11.6 Å². The summed E-state index contributed by atoms with van der Waals surface area (Å²) in [4.78, 5) is 29.7. The molecule has 0 radical (unpaired) electrons. The van der Waals surface area contributed by atoms with E-state index in [2.05, 4.69) is 14.7 Å². The van der Waals surface area contributed by atoms with Crippen LogP contribution in [0.4, 0.5) is 0 Å². The summed E-state index contributed by atoms with van der Waals surface area (Å²) in [6.07, 6.45) is -0.0314. The van der Waals surface area contributed by atoms with E-state index in [-0.39, 0.29) is 12.0 Å². The number of aromatic nitrogens is 2. The number of aromatic amines is 1. The van der Waals surface area contributed by atoms with Gasteiger partial charge < -0.3 is 19.2 Å². The zero-order valence-electron chi connectivity index (χ0n) is 13.4. The first-order valence-electron chi connectivity index (χ1n) is 7.17. The van der Waals surface area contributed by atoms with Crippen molar-refractivity contribution in [1.82, 2.24) is 9.97 Å². The van der Waals surface area contributed by atoms with E-state index in [1.54, 1.807) is 7.11 Å². The highest BCUT2D eigenvalue weighted by atomic mass is 32.2.